The van der Waals surface area contributed by atoms with Crippen molar-refractivity contribution in [3.05, 3.63) is 64.9 Å². The molecule has 1 saturated heterocycles. The molecule has 0 radical (unpaired) electrons. The molecule has 2 N–H and O–H groups in total. The Morgan fingerprint density at radius 1 is 1.06 bits per heavy atom. The minimum absolute atomic E-state index is 0.0191. The van der Waals surface area contributed by atoms with Crippen molar-refractivity contribution in [2.45, 2.75) is 50.4 Å². The van der Waals surface area contributed by atoms with Crippen molar-refractivity contribution in [2.75, 3.05) is 19.7 Å². The van der Waals surface area contributed by atoms with Gasteiger partial charge in [-0.15, -0.1) is 0 Å². The number of likely N-dealkylation sites (tertiary alicyclic amines) is 1. The quantitative estimate of drug-likeness (QED) is 0.625. The van der Waals surface area contributed by atoms with Crippen LogP contribution in [-0.2, 0) is 15.0 Å². The molecule has 176 valence electrons. The summed E-state index contributed by atoms with van der Waals surface area (Å²) >= 11 is 5.96. The molecule has 1 saturated carbocycles. The molecule has 2 amide bonds. The number of carbonyl (C=O) groups is 2. The van der Waals surface area contributed by atoms with E-state index in [1.807, 2.05) is 11.0 Å². The maximum absolute atomic E-state index is 14.0. The van der Waals surface area contributed by atoms with Crippen molar-refractivity contribution in [1.29, 1.82) is 0 Å². The van der Waals surface area contributed by atoms with Crippen LogP contribution in [0.4, 0.5) is 4.39 Å². The van der Waals surface area contributed by atoms with Crippen LogP contribution in [-0.4, -0.2) is 36.4 Å². The van der Waals surface area contributed by atoms with Gasteiger partial charge in [-0.2, -0.15) is 0 Å². The van der Waals surface area contributed by atoms with Crippen LogP contribution in [0.25, 0.3) is 0 Å². The zero-order valence-corrected chi connectivity index (χ0v) is 19.5. The Kier molecular flexibility index (Phi) is 6.94. The maximum atomic E-state index is 14.0. The molecule has 2 fully saturated rings. The van der Waals surface area contributed by atoms with E-state index in [1.54, 1.807) is 30.3 Å². The van der Waals surface area contributed by atoms with E-state index in [0.717, 1.165) is 31.2 Å². The van der Waals surface area contributed by atoms with E-state index >= 15 is 0 Å². The first-order chi connectivity index (χ1) is 15.8. The number of ether oxygens (including phenoxy) is 1. The first kappa shape index (κ1) is 23.6. The molecule has 0 bridgehead atoms. The van der Waals surface area contributed by atoms with Gasteiger partial charge < -0.3 is 15.4 Å². The van der Waals surface area contributed by atoms with Crippen LogP contribution in [0.2, 0.25) is 5.02 Å². The number of amides is 2. The number of nitrogens with two attached hydrogens (primary N) is 1. The lowest BCUT2D eigenvalue weighted by Gasteiger charge is -2.45. The summed E-state index contributed by atoms with van der Waals surface area (Å²) in [6.07, 6.45) is 4.90. The normalized spacial score (nSPS) is 22.2. The van der Waals surface area contributed by atoms with E-state index in [0.29, 0.717) is 36.7 Å². The van der Waals surface area contributed by atoms with Crippen LogP contribution >= 0.6 is 11.6 Å². The molecular formula is C26H30ClFN2O3. The van der Waals surface area contributed by atoms with Crippen LogP contribution < -0.4 is 10.5 Å². The van der Waals surface area contributed by atoms with E-state index < -0.39 is 16.7 Å². The summed E-state index contributed by atoms with van der Waals surface area (Å²) < 4.78 is 20.1. The minimum Gasteiger partial charge on any atom is -0.493 e. The lowest BCUT2D eigenvalue weighted by molar-refractivity contribution is -0.143. The summed E-state index contributed by atoms with van der Waals surface area (Å²) in [5.41, 5.74) is 5.08. The highest BCUT2D eigenvalue weighted by Crippen LogP contribution is 2.45. The lowest BCUT2D eigenvalue weighted by atomic mass is 9.74. The van der Waals surface area contributed by atoms with Crippen LogP contribution in [0.5, 0.6) is 5.75 Å². The van der Waals surface area contributed by atoms with Crippen molar-refractivity contribution in [1.82, 2.24) is 4.90 Å². The van der Waals surface area contributed by atoms with Gasteiger partial charge in [0.15, 0.2) is 0 Å². The second-order valence-electron chi connectivity index (χ2n) is 9.52. The van der Waals surface area contributed by atoms with E-state index in [1.165, 1.54) is 12.1 Å². The molecule has 2 aromatic carbocycles. The molecule has 5 nitrogen and oxygen atoms in total. The number of hydrogen-bond donors (Lipinski definition) is 1. The summed E-state index contributed by atoms with van der Waals surface area (Å²) in [5.74, 6) is -0.0706. The third-order valence-electron chi connectivity index (χ3n) is 7.10. The molecule has 1 atom stereocenters. The van der Waals surface area contributed by atoms with Crippen molar-refractivity contribution < 1.29 is 18.7 Å². The van der Waals surface area contributed by atoms with Gasteiger partial charge in [-0.1, -0.05) is 36.6 Å². The molecule has 7 heteroatoms. The number of halogens is 2. The molecule has 2 aliphatic rings. The SMILES string of the molecule is NC(=O)CC1(COc2ccc(Cl)cc2)CCCN(C(=O)C2(c3cccc(F)c3)CCCC2)C1. The minimum atomic E-state index is -0.713. The Morgan fingerprint density at radius 2 is 1.79 bits per heavy atom. The van der Waals surface area contributed by atoms with Gasteiger partial charge in [0.25, 0.3) is 0 Å². The predicted molar refractivity (Wildman–Crippen MR) is 126 cm³/mol. The Balaban J connectivity index is 1.57. The van der Waals surface area contributed by atoms with Crippen LogP contribution in [0.1, 0.15) is 50.5 Å². The summed E-state index contributed by atoms with van der Waals surface area (Å²) in [6, 6.07) is 13.5. The Labute approximate surface area is 199 Å². The monoisotopic (exact) mass is 472 g/mol. The first-order valence-electron chi connectivity index (χ1n) is 11.5. The highest BCUT2D eigenvalue weighted by molar-refractivity contribution is 6.30. The number of carbonyl (C=O) groups excluding carboxylic acids is 2. The molecule has 1 unspecified atom stereocenters. The van der Waals surface area contributed by atoms with E-state index in [9.17, 15) is 14.0 Å². The average Bonchev–Trinajstić information content (AvgIpc) is 3.29. The molecule has 1 aliphatic carbocycles. The maximum Gasteiger partial charge on any atom is 0.233 e. The first-order valence-corrected chi connectivity index (χ1v) is 11.9. The number of nitrogens with zero attached hydrogens (tertiary/aromatic N) is 1. The summed E-state index contributed by atoms with van der Waals surface area (Å²) in [6.45, 7) is 1.27. The topological polar surface area (TPSA) is 72.6 Å². The standard InChI is InChI=1S/C26H30ClFN2O3/c27-20-7-9-22(10-8-20)33-18-25(16-23(29)31)11-4-14-30(17-25)24(32)26(12-1-2-13-26)19-5-3-6-21(28)15-19/h3,5-10,15H,1-2,4,11-14,16-18H2,(H2,29,31). The zero-order chi connectivity index (χ0) is 23.5. The highest BCUT2D eigenvalue weighted by Gasteiger charge is 2.48. The summed E-state index contributed by atoms with van der Waals surface area (Å²) in [5, 5.41) is 0.614. The smallest absolute Gasteiger partial charge is 0.233 e. The van der Waals surface area contributed by atoms with Gasteiger partial charge in [0.2, 0.25) is 11.8 Å². The van der Waals surface area contributed by atoms with E-state index in [4.69, 9.17) is 22.1 Å². The number of piperidine rings is 1. The number of hydrogen-bond acceptors (Lipinski definition) is 3. The largest absolute Gasteiger partial charge is 0.493 e. The Bertz CT molecular complexity index is 1010. The number of primary amides is 1. The highest BCUT2D eigenvalue weighted by atomic mass is 35.5. The molecular weight excluding hydrogens is 443 g/mol. The van der Waals surface area contributed by atoms with Gasteiger partial charge in [-0.3, -0.25) is 9.59 Å². The van der Waals surface area contributed by atoms with Crippen molar-refractivity contribution in [2.24, 2.45) is 11.1 Å². The Morgan fingerprint density at radius 3 is 2.45 bits per heavy atom. The van der Waals surface area contributed by atoms with Gasteiger partial charge in [0, 0.05) is 29.9 Å². The molecule has 33 heavy (non-hydrogen) atoms. The van der Waals surface area contributed by atoms with E-state index in [-0.39, 0.29) is 24.8 Å². The predicted octanol–water partition coefficient (Wildman–Crippen LogP) is 4.85. The third-order valence-corrected chi connectivity index (χ3v) is 7.35. The van der Waals surface area contributed by atoms with Gasteiger partial charge in [0.1, 0.15) is 11.6 Å². The van der Waals surface area contributed by atoms with Crippen molar-refractivity contribution in [3.8, 4) is 5.75 Å². The Hall–Kier alpha value is -2.60. The van der Waals surface area contributed by atoms with Crippen LogP contribution in [0.3, 0.4) is 0 Å². The van der Waals surface area contributed by atoms with Crippen LogP contribution in [0.15, 0.2) is 48.5 Å². The summed E-state index contributed by atoms with van der Waals surface area (Å²) in [4.78, 5) is 27.8. The summed E-state index contributed by atoms with van der Waals surface area (Å²) in [7, 11) is 0. The second-order valence-corrected chi connectivity index (χ2v) is 9.95. The lowest BCUT2D eigenvalue weighted by Crippen LogP contribution is -2.54. The van der Waals surface area contributed by atoms with Crippen molar-refractivity contribution in [3.63, 3.8) is 0 Å². The molecule has 2 aromatic rings. The van der Waals surface area contributed by atoms with Gasteiger partial charge in [-0.25, -0.2) is 4.39 Å². The van der Waals surface area contributed by atoms with Crippen molar-refractivity contribution >= 4 is 23.4 Å². The molecule has 1 heterocycles. The second kappa shape index (κ2) is 9.72. The van der Waals surface area contributed by atoms with Gasteiger partial charge in [0.05, 0.1) is 12.0 Å². The average molecular weight is 473 g/mol. The number of benzene rings is 2. The van der Waals surface area contributed by atoms with Gasteiger partial charge in [-0.05, 0) is 67.6 Å². The molecule has 0 aromatic heterocycles. The molecule has 4 rings (SSSR count). The molecule has 0 spiro atoms. The zero-order valence-electron chi connectivity index (χ0n) is 18.7. The number of rotatable bonds is 7. The van der Waals surface area contributed by atoms with Gasteiger partial charge >= 0.3 is 0 Å². The fraction of sp³-hybridized carbons (Fsp3) is 0.462. The van der Waals surface area contributed by atoms with E-state index in [2.05, 4.69) is 0 Å². The third kappa shape index (κ3) is 5.16. The molecule has 1 aliphatic heterocycles. The fourth-order valence-electron chi connectivity index (χ4n) is 5.52. The fourth-order valence-corrected chi connectivity index (χ4v) is 5.65. The van der Waals surface area contributed by atoms with Crippen LogP contribution in [0, 0.1) is 11.2 Å².